The zero-order chi connectivity index (χ0) is 11.9. The van der Waals surface area contributed by atoms with E-state index in [9.17, 15) is 0 Å². The molecule has 1 aliphatic rings. The van der Waals surface area contributed by atoms with Crippen molar-refractivity contribution in [2.75, 3.05) is 13.2 Å². The lowest BCUT2D eigenvalue weighted by molar-refractivity contribution is -0.224. The quantitative estimate of drug-likeness (QED) is 0.610. The van der Waals surface area contributed by atoms with E-state index >= 15 is 0 Å². The summed E-state index contributed by atoms with van der Waals surface area (Å²) < 4.78 is 11.4. The maximum absolute atomic E-state index is 5.70. The third kappa shape index (κ3) is 5.86. The molecular formula is C14H28O2. The number of rotatable bonds is 7. The van der Waals surface area contributed by atoms with Crippen molar-refractivity contribution >= 4 is 0 Å². The molecule has 0 atom stereocenters. The second kappa shape index (κ2) is 7.29. The van der Waals surface area contributed by atoms with Crippen LogP contribution in [0.2, 0.25) is 0 Å². The average Bonchev–Trinajstić information content (AvgIpc) is 2.25. The number of hydrogen-bond acceptors (Lipinski definition) is 2. The van der Waals surface area contributed by atoms with Crippen molar-refractivity contribution in [1.29, 1.82) is 0 Å². The van der Waals surface area contributed by atoms with Gasteiger partial charge in [-0.2, -0.15) is 0 Å². The van der Waals surface area contributed by atoms with Gasteiger partial charge in [0.15, 0.2) is 6.29 Å². The Morgan fingerprint density at radius 3 is 2.12 bits per heavy atom. The third-order valence-corrected chi connectivity index (χ3v) is 3.11. The van der Waals surface area contributed by atoms with Crippen LogP contribution >= 0.6 is 0 Å². The third-order valence-electron chi connectivity index (χ3n) is 3.11. The van der Waals surface area contributed by atoms with Gasteiger partial charge in [-0.3, -0.25) is 0 Å². The van der Waals surface area contributed by atoms with E-state index in [1.807, 2.05) is 0 Å². The number of hydrogen-bond donors (Lipinski definition) is 0. The molecule has 16 heavy (non-hydrogen) atoms. The van der Waals surface area contributed by atoms with Gasteiger partial charge in [-0.15, -0.1) is 0 Å². The van der Waals surface area contributed by atoms with Crippen LogP contribution in [0.5, 0.6) is 0 Å². The molecule has 0 saturated carbocycles. The lowest BCUT2D eigenvalue weighted by atomic mass is 9.95. The van der Waals surface area contributed by atoms with Gasteiger partial charge in [0.1, 0.15) is 0 Å². The predicted molar refractivity (Wildman–Crippen MR) is 67.5 cm³/mol. The fourth-order valence-electron chi connectivity index (χ4n) is 1.98. The standard InChI is InChI=1S/C14H28O2/c1-4-5-6-7-8-9-10-13-15-11-14(2,3)12-16-13/h13H,4-12H2,1-3H3. The summed E-state index contributed by atoms with van der Waals surface area (Å²) in [7, 11) is 0. The topological polar surface area (TPSA) is 18.5 Å². The first-order chi connectivity index (χ1) is 7.64. The van der Waals surface area contributed by atoms with E-state index in [0.29, 0.717) is 0 Å². The fraction of sp³-hybridized carbons (Fsp3) is 1.00. The van der Waals surface area contributed by atoms with Gasteiger partial charge in [0, 0.05) is 5.41 Å². The molecule has 1 aliphatic heterocycles. The lowest BCUT2D eigenvalue weighted by Crippen LogP contribution is -2.37. The van der Waals surface area contributed by atoms with Crippen LogP contribution in [0.1, 0.15) is 65.7 Å². The summed E-state index contributed by atoms with van der Waals surface area (Å²) in [4.78, 5) is 0. The molecule has 0 aromatic rings. The molecule has 1 fully saturated rings. The SMILES string of the molecule is CCCCCCCCC1OCC(C)(C)CO1. The van der Waals surface area contributed by atoms with Crippen LogP contribution in [0.4, 0.5) is 0 Å². The Kier molecular flexibility index (Phi) is 6.37. The van der Waals surface area contributed by atoms with E-state index in [2.05, 4.69) is 20.8 Å². The Morgan fingerprint density at radius 2 is 1.50 bits per heavy atom. The molecule has 0 unspecified atom stereocenters. The monoisotopic (exact) mass is 228 g/mol. The summed E-state index contributed by atoms with van der Waals surface area (Å²) in [5.41, 5.74) is 0.206. The smallest absolute Gasteiger partial charge is 0.157 e. The van der Waals surface area contributed by atoms with Crippen LogP contribution in [-0.2, 0) is 9.47 Å². The summed E-state index contributed by atoms with van der Waals surface area (Å²) in [6.07, 6.45) is 9.17. The van der Waals surface area contributed by atoms with Gasteiger partial charge in [0.05, 0.1) is 13.2 Å². The Labute approximate surface area is 101 Å². The maximum Gasteiger partial charge on any atom is 0.157 e. The van der Waals surface area contributed by atoms with Crippen molar-refractivity contribution < 1.29 is 9.47 Å². The van der Waals surface area contributed by atoms with Crippen molar-refractivity contribution in [3.8, 4) is 0 Å². The molecule has 0 N–H and O–H groups in total. The summed E-state index contributed by atoms with van der Waals surface area (Å²) in [6, 6.07) is 0. The lowest BCUT2D eigenvalue weighted by Gasteiger charge is -2.34. The minimum absolute atomic E-state index is 0.0687. The molecule has 2 heteroatoms. The summed E-state index contributed by atoms with van der Waals surface area (Å²) in [5.74, 6) is 0. The molecule has 0 aliphatic carbocycles. The minimum atomic E-state index is 0.0687. The largest absolute Gasteiger partial charge is 0.352 e. The first-order valence-corrected chi connectivity index (χ1v) is 6.87. The van der Waals surface area contributed by atoms with E-state index in [0.717, 1.165) is 19.6 Å². The molecule has 0 aromatic carbocycles. The van der Waals surface area contributed by atoms with Crippen LogP contribution in [0.3, 0.4) is 0 Å². The highest BCUT2D eigenvalue weighted by atomic mass is 16.7. The Hall–Kier alpha value is -0.0800. The summed E-state index contributed by atoms with van der Waals surface area (Å²) >= 11 is 0. The van der Waals surface area contributed by atoms with Crippen LogP contribution in [-0.4, -0.2) is 19.5 Å². The fourth-order valence-corrected chi connectivity index (χ4v) is 1.98. The molecule has 1 rings (SSSR count). The Morgan fingerprint density at radius 1 is 0.938 bits per heavy atom. The molecule has 2 nitrogen and oxygen atoms in total. The van der Waals surface area contributed by atoms with E-state index in [4.69, 9.17) is 9.47 Å². The van der Waals surface area contributed by atoms with Crippen molar-refractivity contribution in [3.63, 3.8) is 0 Å². The molecule has 0 bridgehead atoms. The Balaban J connectivity index is 1.94. The molecule has 0 amide bonds. The van der Waals surface area contributed by atoms with Crippen LogP contribution in [0, 0.1) is 5.41 Å². The molecule has 0 aromatic heterocycles. The summed E-state index contributed by atoms with van der Waals surface area (Å²) in [6.45, 7) is 8.31. The van der Waals surface area contributed by atoms with E-state index in [1.54, 1.807) is 0 Å². The van der Waals surface area contributed by atoms with Crippen molar-refractivity contribution in [1.82, 2.24) is 0 Å². The molecule has 96 valence electrons. The second-order valence-electron chi connectivity index (χ2n) is 5.77. The van der Waals surface area contributed by atoms with Crippen LogP contribution in [0.15, 0.2) is 0 Å². The van der Waals surface area contributed by atoms with Crippen molar-refractivity contribution in [2.24, 2.45) is 5.41 Å². The molecule has 0 spiro atoms. The minimum Gasteiger partial charge on any atom is -0.352 e. The maximum atomic E-state index is 5.70. The van der Waals surface area contributed by atoms with Crippen molar-refractivity contribution in [3.05, 3.63) is 0 Å². The average molecular weight is 228 g/mol. The van der Waals surface area contributed by atoms with Gasteiger partial charge in [-0.25, -0.2) is 0 Å². The van der Waals surface area contributed by atoms with E-state index in [1.165, 1.54) is 38.5 Å². The van der Waals surface area contributed by atoms with Gasteiger partial charge < -0.3 is 9.47 Å². The number of ether oxygens (including phenoxy) is 2. The zero-order valence-electron chi connectivity index (χ0n) is 11.3. The first kappa shape index (κ1) is 14.0. The van der Waals surface area contributed by atoms with E-state index < -0.39 is 0 Å². The van der Waals surface area contributed by atoms with Crippen molar-refractivity contribution in [2.45, 2.75) is 72.0 Å². The van der Waals surface area contributed by atoms with Gasteiger partial charge in [-0.1, -0.05) is 52.9 Å². The second-order valence-corrected chi connectivity index (χ2v) is 5.77. The van der Waals surface area contributed by atoms with Gasteiger partial charge in [0.2, 0.25) is 0 Å². The molecule has 0 radical (unpaired) electrons. The van der Waals surface area contributed by atoms with E-state index in [-0.39, 0.29) is 11.7 Å². The molecule has 1 saturated heterocycles. The number of unbranched alkanes of at least 4 members (excludes halogenated alkanes) is 5. The first-order valence-electron chi connectivity index (χ1n) is 6.87. The normalized spacial score (nSPS) is 21.2. The Bertz CT molecular complexity index is 168. The van der Waals surface area contributed by atoms with Crippen LogP contribution in [0.25, 0.3) is 0 Å². The van der Waals surface area contributed by atoms with Gasteiger partial charge in [0.25, 0.3) is 0 Å². The zero-order valence-corrected chi connectivity index (χ0v) is 11.3. The highest BCUT2D eigenvalue weighted by Crippen LogP contribution is 2.25. The van der Waals surface area contributed by atoms with Gasteiger partial charge >= 0.3 is 0 Å². The molecule has 1 heterocycles. The highest BCUT2D eigenvalue weighted by Gasteiger charge is 2.27. The summed E-state index contributed by atoms with van der Waals surface area (Å²) in [5, 5.41) is 0. The van der Waals surface area contributed by atoms with Gasteiger partial charge in [-0.05, 0) is 12.8 Å². The highest BCUT2D eigenvalue weighted by molar-refractivity contribution is 4.71. The van der Waals surface area contributed by atoms with Crippen LogP contribution < -0.4 is 0 Å². The predicted octanol–water partition coefficient (Wildman–Crippen LogP) is 4.14. The molecular weight excluding hydrogens is 200 g/mol.